The van der Waals surface area contributed by atoms with Gasteiger partial charge in [-0.1, -0.05) is 15.9 Å². The lowest BCUT2D eigenvalue weighted by Gasteiger charge is -2.16. The summed E-state index contributed by atoms with van der Waals surface area (Å²) in [6.45, 7) is 1.82. The van der Waals surface area contributed by atoms with Crippen molar-refractivity contribution in [1.29, 1.82) is 0 Å². The number of hydrogen-bond donors (Lipinski definition) is 1. The summed E-state index contributed by atoms with van der Waals surface area (Å²) in [5, 5.41) is 8.80. The molecule has 0 unspecified atom stereocenters. The molecule has 1 N–H and O–H groups in total. The predicted molar refractivity (Wildman–Crippen MR) is 69.0 cm³/mol. The number of ether oxygens (including phenoxy) is 1. The second kappa shape index (κ2) is 6.89. The first kappa shape index (κ1) is 13.5. The molecule has 0 aliphatic rings. The number of aliphatic hydroxyl groups excluding tert-OH is 1. The van der Waals surface area contributed by atoms with E-state index in [4.69, 9.17) is 9.84 Å². The first-order valence-corrected chi connectivity index (χ1v) is 6.08. The molecule has 16 heavy (non-hydrogen) atoms. The zero-order valence-corrected chi connectivity index (χ0v) is 11.3. The molecule has 0 spiro atoms. The van der Waals surface area contributed by atoms with Crippen LogP contribution in [0.4, 0.5) is 0 Å². The summed E-state index contributed by atoms with van der Waals surface area (Å²) < 4.78 is 6.37. The number of hydrogen-bond acceptors (Lipinski definition) is 3. The van der Waals surface area contributed by atoms with Gasteiger partial charge in [0.1, 0.15) is 5.75 Å². The van der Waals surface area contributed by atoms with Crippen molar-refractivity contribution in [2.45, 2.75) is 6.42 Å². The third-order valence-corrected chi connectivity index (χ3v) is 2.98. The minimum absolute atomic E-state index is 0.201. The average molecular weight is 288 g/mol. The summed E-state index contributed by atoms with van der Waals surface area (Å²) in [4.78, 5) is 2.10. The van der Waals surface area contributed by atoms with Crippen LogP contribution in [0.2, 0.25) is 0 Å². The van der Waals surface area contributed by atoms with Crippen LogP contribution in [0, 0.1) is 0 Å². The SMILES string of the molecule is COc1ccc(Br)cc1CCN(C)CCO. The van der Waals surface area contributed by atoms with E-state index >= 15 is 0 Å². The third kappa shape index (κ3) is 4.12. The van der Waals surface area contributed by atoms with Crippen molar-refractivity contribution in [2.24, 2.45) is 0 Å². The predicted octanol–water partition coefficient (Wildman–Crippen LogP) is 1.92. The van der Waals surface area contributed by atoms with Crippen LogP contribution in [0.5, 0.6) is 5.75 Å². The van der Waals surface area contributed by atoms with Crippen LogP contribution in [0.15, 0.2) is 22.7 Å². The van der Waals surface area contributed by atoms with Crippen molar-refractivity contribution in [3.8, 4) is 5.75 Å². The molecular formula is C12H18BrNO2. The maximum Gasteiger partial charge on any atom is 0.122 e. The first-order valence-electron chi connectivity index (χ1n) is 5.29. The fourth-order valence-corrected chi connectivity index (χ4v) is 1.94. The molecule has 1 aromatic rings. The normalized spacial score (nSPS) is 10.8. The summed E-state index contributed by atoms with van der Waals surface area (Å²) in [7, 11) is 3.69. The van der Waals surface area contributed by atoms with E-state index in [2.05, 4.69) is 26.9 Å². The van der Waals surface area contributed by atoms with Gasteiger partial charge in [0.05, 0.1) is 13.7 Å². The number of likely N-dealkylation sites (N-methyl/N-ethyl adjacent to an activating group) is 1. The Hall–Kier alpha value is -0.580. The molecule has 0 radical (unpaired) electrons. The van der Waals surface area contributed by atoms with Crippen molar-refractivity contribution >= 4 is 15.9 Å². The number of methoxy groups -OCH3 is 1. The van der Waals surface area contributed by atoms with Crippen LogP contribution in [0.1, 0.15) is 5.56 Å². The highest BCUT2D eigenvalue weighted by Gasteiger charge is 2.05. The van der Waals surface area contributed by atoms with Gasteiger partial charge in [-0.15, -0.1) is 0 Å². The van der Waals surface area contributed by atoms with E-state index in [1.807, 2.05) is 19.2 Å². The van der Waals surface area contributed by atoms with Gasteiger partial charge in [-0.3, -0.25) is 0 Å². The third-order valence-electron chi connectivity index (χ3n) is 2.49. The Kier molecular flexibility index (Phi) is 5.80. The number of aliphatic hydroxyl groups is 1. The van der Waals surface area contributed by atoms with Gasteiger partial charge in [-0.2, -0.15) is 0 Å². The Labute approximate surface area is 105 Å². The summed E-state index contributed by atoms with van der Waals surface area (Å²) in [6, 6.07) is 6.01. The highest BCUT2D eigenvalue weighted by molar-refractivity contribution is 9.10. The Balaban J connectivity index is 2.61. The van der Waals surface area contributed by atoms with Crippen molar-refractivity contribution in [1.82, 2.24) is 4.90 Å². The highest BCUT2D eigenvalue weighted by Crippen LogP contribution is 2.23. The minimum atomic E-state index is 0.201. The Morgan fingerprint density at radius 2 is 2.12 bits per heavy atom. The standard InChI is InChI=1S/C12H18BrNO2/c1-14(7-8-15)6-5-10-9-11(13)3-4-12(10)16-2/h3-4,9,15H,5-8H2,1-2H3. The molecule has 0 aliphatic carbocycles. The average Bonchev–Trinajstić information content (AvgIpc) is 2.27. The van der Waals surface area contributed by atoms with Gasteiger partial charge in [0.25, 0.3) is 0 Å². The number of nitrogens with zero attached hydrogens (tertiary/aromatic N) is 1. The fraction of sp³-hybridized carbons (Fsp3) is 0.500. The maximum absolute atomic E-state index is 8.80. The lowest BCUT2D eigenvalue weighted by Crippen LogP contribution is -2.24. The molecule has 0 saturated heterocycles. The summed E-state index contributed by atoms with van der Waals surface area (Å²) in [6.07, 6.45) is 0.916. The smallest absolute Gasteiger partial charge is 0.122 e. The molecule has 90 valence electrons. The molecule has 0 amide bonds. The van der Waals surface area contributed by atoms with Gasteiger partial charge >= 0.3 is 0 Å². The van der Waals surface area contributed by atoms with E-state index in [-0.39, 0.29) is 6.61 Å². The van der Waals surface area contributed by atoms with Crippen LogP contribution in [-0.2, 0) is 6.42 Å². The number of rotatable bonds is 6. The Morgan fingerprint density at radius 1 is 1.38 bits per heavy atom. The zero-order valence-electron chi connectivity index (χ0n) is 9.74. The second-order valence-corrected chi connectivity index (χ2v) is 4.65. The molecule has 0 bridgehead atoms. The van der Waals surface area contributed by atoms with E-state index in [0.717, 1.165) is 23.2 Å². The topological polar surface area (TPSA) is 32.7 Å². The van der Waals surface area contributed by atoms with Gasteiger partial charge in [0, 0.05) is 17.6 Å². The van der Waals surface area contributed by atoms with E-state index in [1.165, 1.54) is 5.56 Å². The highest BCUT2D eigenvalue weighted by atomic mass is 79.9. The van der Waals surface area contributed by atoms with Crippen molar-refractivity contribution < 1.29 is 9.84 Å². The summed E-state index contributed by atoms with van der Waals surface area (Å²) >= 11 is 3.45. The minimum Gasteiger partial charge on any atom is -0.496 e. The molecule has 0 saturated carbocycles. The quantitative estimate of drug-likeness (QED) is 0.868. The molecule has 0 heterocycles. The first-order chi connectivity index (χ1) is 7.67. The van der Waals surface area contributed by atoms with E-state index in [9.17, 15) is 0 Å². The van der Waals surface area contributed by atoms with E-state index in [0.29, 0.717) is 6.54 Å². The van der Waals surface area contributed by atoms with Crippen LogP contribution in [-0.4, -0.2) is 43.9 Å². The van der Waals surface area contributed by atoms with E-state index in [1.54, 1.807) is 7.11 Å². The Bertz CT molecular complexity index is 331. The van der Waals surface area contributed by atoms with Gasteiger partial charge < -0.3 is 14.7 Å². The second-order valence-electron chi connectivity index (χ2n) is 3.73. The molecule has 3 nitrogen and oxygen atoms in total. The van der Waals surface area contributed by atoms with Gasteiger partial charge in [-0.25, -0.2) is 0 Å². The lowest BCUT2D eigenvalue weighted by atomic mass is 10.1. The van der Waals surface area contributed by atoms with Gasteiger partial charge in [0.2, 0.25) is 0 Å². The lowest BCUT2D eigenvalue weighted by molar-refractivity contribution is 0.222. The van der Waals surface area contributed by atoms with Crippen LogP contribution >= 0.6 is 15.9 Å². The maximum atomic E-state index is 8.80. The zero-order chi connectivity index (χ0) is 12.0. The fourth-order valence-electron chi connectivity index (χ4n) is 1.54. The molecule has 0 aliphatic heterocycles. The molecule has 0 aromatic heterocycles. The molecular weight excluding hydrogens is 270 g/mol. The molecule has 1 aromatic carbocycles. The monoisotopic (exact) mass is 287 g/mol. The van der Waals surface area contributed by atoms with Crippen molar-refractivity contribution in [2.75, 3.05) is 33.9 Å². The Morgan fingerprint density at radius 3 is 2.75 bits per heavy atom. The largest absolute Gasteiger partial charge is 0.496 e. The molecule has 4 heteroatoms. The van der Waals surface area contributed by atoms with Crippen LogP contribution in [0.3, 0.4) is 0 Å². The van der Waals surface area contributed by atoms with E-state index < -0.39 is 0 Å². The van der Waals surface area contributed by atoms with Gasteiger partial charge in [-0.05, 0) is 37.2 Å². The van der Waals surface area contributed by atoms with Crippen LogP contribution in [0.25, 0.3) is 0 Å². The summed E-state index contributed by atoms with van der Waals surface area (Å²) in [5.41, 5.74) is 1.18. The summed E-state index contributed by atoms with van der Waals surface area (Å²) in [5.74, 6) is 0.917. The van der Waals surface area contributed by atoms with Crippen molar-refractivity contribution in [3.63, 3.8) is 0 Å². The molecule has 0 fully saturated rings. The van der Waals surface area contributed by atoms with Crippen molar-refractivity contribution in [3.05, 3.63) is 28.2 Å². The van der Waals surface area contributed by atoms with Gasteiger partial charge in [0.15, 0.2) is 0 Å². The van der Waals surface area contributed by atoms with Crippen LogP contribution < -0.4 is 4.74 Å². The number of halogens is 1. The molecule has 0 atom stereocenters. The molecule has 1 rings (SSSR count). The number of benzene rings is 1.